The Morgan fingerprint density at radius 2 is 0.527 bits per heavy atom. The maximum Gasteiger partial charge on any atom is 0.306 e. The molecule has 6 heteroatoms. The van der Waals surface area contributed by atoms with Crippen molar-refractivity contribution in [2.24, 2.45) is 0 Å². The predicted octanol–water partition coefficient (Wildman–Crippen LogP) is 21.0. The summed E-state index contributed by atoms with van der Waals surface area (Å²) in [7, 11) is 0. The number of carbonyl (C=O) groups excluding carboxylic acids is 3. The molecule has 0 saturated heterocycles. The minimum absolute atomic E-state index is 0.0883. The highest BCUT2D eigenvalue weighted by Crippen LogP contribution is 2.16. The van der Waals surface area contributed by atoms with Crippen molar-refractivity contribution >= 4 is 17.9 Å². The van der Waals surface area contributed by atoms with E-state index in [0.29, 0.717) is 19.3 Å². The predicted molar refractivity (Wildman–Crippen MR) is 320 cm³/mol. The van der Waals surface area contributed by atoms with Crippen molar-refractivity contribution in [2.45, 2.75) is 290 Å². The van der Waals surface area contributed by atoms with Gasteiger partial charge in [0.15, 0.2) is 6.10 Å². The lowest BCUT2D eigenvalue weighted by Gasteiger charge is -2.18. The first-order valence-corrected chi connectivity index (χ1v) is 30.9. The van der Waals surface area contributed by atoms with Gasteiger partial charge in [-0.25, -0.2) is 0 Å². The van der Waals surface area contributed by atoms with Crippen LogP contribution in [-0.4, -0.2) is 37.2 Å². The second-order valence-corrected chi connectivity index (χ2v) is 20.2. The molecular formula is C68H114O6. The molecule has 1 atom stereocenters. The molecule has 0 radical (unpaired) electrons. The average Bonchev–Trinajstić information content (AvgIpc) is 3.40. The van der Waals surface area contributed by atoms with Crippen molar-refractivity contribution in [3.8, 4) is 0 Å². The van der Waals surface area contributed by atoms with Crippen LogP contribution in [0, 0.1) is 0 Å². The van der Waals surface area contributed by atoms with Crippen LogP contribution in [0.5, 0.6) is 0 Å². The molecule has 0 amide bonds. The van der Waals surface area contributed by atoms with E-state index in [9.17, 15) is 14.4 Å². The Kier molecular flexibility index (Phi) is 58.3. The van der Waals surface area contributed by atoms with Crippen LogP contribution in [0.4, 0.5) is 0 Å². The fraction of sp³-hybridized carbons (Fsp3) is 0.691. The molecule has 0 bridgehead atoms. The van der Waals surface area contributed by atoms with E-state index in [2.05, 4.69) is 130 Å². The van der Waals surface area contributed by atoms with Crippen LogP contribution in [-0.2, 0) is 28.6 Å². The van der Waals surface area contributed by atoms with Crippen LogP contribution in [0.1, 0.15) is 284 Å². The zero-order valence-corrected chi connectivity index (χ0v) is 48.3. The van der Waals surface area contributed by atoms with E-state index in [1.54, 1.807) is 0 Å². The molecular weight excluding hydrogens is 913 g/mol. The number of ether oxygens (including phenoxy) is 3. The maximum absolute atomic E-state index is 12.9. The van der Waals surface area contributed by atoms with Gasteiger partial charge in [0.05, 0.1) is 0 Å². The quantitative estimate of drug-likeness (QED) is 0.0261. The summed E-state index contributed by atoms with van der Waals surface area (Å²) < 4.78 is 16.9. The molecule has 0 spiro atoms. The molecule has 0 rings (SSSR count). The first-order chi connectivity index (χ1) is 36.5. The van der Waals surface area contributed by atoms with E-state index in [0.717, 1.165) is 122 Å². The monoisotopic (exact) mass is 1030 g/mol. The van der Waals surface area contributed by atoms with E-state index >= 15 is 0 Å². The Labute approximate surface area is 457 Å². The van der Waals surface area contributed by atoms with Crippen molar-refractivity contribution < 1.29 is 28.6 Å². The number of hydrogen-bond acceptors (Lipinski definition) is 6. The Morgan fingerprint density at radius 1 is 0.284 bits per heavy atom. The van der Waals surface area contributed by atoms with Gasteiger partial charge in [0.1, 0.15) is 13.2 Å². The van der Waals surface area contributed by atoms with Crippen LogP contribution in [0.2, 0.25) is 0 Å². The largest absolute Gasteiger partial charge is 0.462 e. The van der Waals surface area contributed by atoms with Crippen molar-refractivity contribution in [2.75, 3.05) is 13.2 Å². The number of hydrogen-bond donors (Lipinski definition) is 0. The van der Waals surface area contributed by atoms with E-state index in [1.807, 2.05) is 0 Å². The van der Waals surface area contributed by atoms with Gasteiger partial charge in [-0.1, -0.05) is 271 Å². The fourth-order valence-corrected chi connectivity index (χ4v) is 8.46. The highest BCUT2D eigenvalue weighted by atomic mass is 16.6. The van der Waals surface area contributed by atoms with Gasteiger partial charge in [-0.15, -0.1) is 0 Å². The topological polar surface area (TPSA) is 78.9 Å². The summed E-state index contributed by atoms with van der Waals surface area (Å²) >= 11 is 0. The summed E-state index contributed by atoms with van der Waals surface area (Å²) in [5.41, 5.74) is 0. The van der Waals surface area contributed by atoms with Crippen molar-refractivity contribution in [3.63, 3.8) is 0 Å². The number of carbonyl (C=O) groups is 3. The van der Waals surface area contributed by atoms with Crippen LogP contribution in [0.3, 0.4) is 0 Å². The Balaban J connectivity index is 4.27. The summed E-state index contributed by atoms with van der Waals surface area (Å²) in [5.74, 6) is -0.916. The minimum Gasteiger partial charge on any atom is -0.462 e. The summed E-state index contributed by atoms with van der Waals surface area (Å²) in [4.78, 5) is 38.2. The Hall–Kier alpha value is -3.93. The highest BCUT2D eigenvalue weighted by molar-refractivity contribution is 5.71. The van der Waals surface area contributed by atoms with Gasteiger partial charge in [-0.05, 0) is 103 Å². The van der Waals surface area contributed by atoms with Gasteiger partial charge in [-0.3, -0.25) is 14.4 Å². The van der Waals surface area contributed by atoms with Crippen molar-refractivity contribution in [3.05, 3.63) is 109 Å². The van der Waals surface area contributed by atoms with Crippen molar-refractivity contribution in [1.29, 1.82) is 0 Å². The van der Waals surface area contributed by atoms with Crippen LogP contribution >= 0.6 is 0 Å². The summed E-state index contributed by atoms with van der Waals surface area (Å²) in [6.45, 7) is 6.40. The third-order valence-electron chi connectivity index (χ3n) is 13.0. The lowest BCUT2D eigenvalue weighted by Crippen LogP contribution is -2.30. The second kappa shape index (κ2) is 61.6. The second-order valence-electron chi connectivity index (χ2n) is 20.2. The summed E-state index contributed by atoms with van der Waals surface area (Å²) in [6, 6.07) is 0. The third kappa shape index (κ3) is 59.0. The number of esters is 3. The molecule has 0 aromatic carbocycles. The summed E-state index contributed by atoms with van der Waals surface area (Å²) in [6.07, 6.45) is 83.8. The van der Waals surface area contributed by atoms with E-state index in [-0.39, 0.29) is 31.1 Å². The van der Waals surface area contributed by atoms with Gasteiger partial charge in [0, 0.05) is 19.3 Å². The maximum atomic E-state index is 12.9. The molecule has 0 fully saturated rings. The molecule has 0 aliphatic rings. The molecule has 0 aliphatic carbocycles. The van der Waals surface area contributed by atoms with E-state index in [4.69, 9.17) is 14.2 Å². The van der Waals surface area contributed by atoms with Crippen LogP contribution in [0.15, 0.2) is 109 Å². The highest BCUT2D eigenvalue weighted by Gasteiger charge is 2.19. The Bertz CT molecular complexity index is 1510. The van der Waals surface area contributed by atoms with Gasteiger partial charge >= 0.3 is 17.9 Å². The van der Waals surface area contributed by atoms with E-state index < -0.39 is 6.10 Å². The zero-order valence-electron chi connectivity index (χ0n) is 48.3. The SMILES string of the molecule is CC/C=C\C/C=C\C/C=C\C/C=C\C/C=C\C/C=C\CCCCCCCCCCCCC(=O)OCC(COC(=O)CCCCC/C=C\C/C=C\C/C=C\CC)OC(=O)CCCCCCCCCCCCCCCC. The summed E-state index contributed by atoms with van der Waals surface area (Å²) in [5, 5.41) is 0. The molecule has 0 aromatic heterocycles. The molecule has 0 heterocycles. The number of unbranched alkanes of at least 4 members (excludes halogenated alkanes) is 26. The molecule has 1 unspecified atom stereocenters. The van der Waals surface area contributed by atoms with Crippen LogP contribution in [0.25, 0.3) is 0 Å². The Morgan fingerprint density at radius 3 is 0.838 bits per heavy atom. The standard InChI is InChI=1S/C68H114O6/c1-4-7-10-13-16-19-22-25-27-28-29-30-31-32-33-34-35-36-37-38-39-40-41-44-46-49-52-55-58-61-67(70)73-64-65(63-72-66(69)60-57-54-51-48-45-42-24-21-18-15-12-9-6-3)74-68(71)62-59-56-53-50-47-43-26-23-20-17-14-11-8-5-2/h7,9-10,12,16,18-19,21,25,27,29-30,32-33,35-36,42,45,65H,4-6,8,11,13-15,17,20,22-24,26,28,31,34,37-41,43-44,46-64H2,1-3H3/b10-7-,12-9-,19-16-,21-18-,27-25-,30-29-,33-32-,36-35-,45-42-. The van der Waals surface area contributed by atoms with Gasteiger partial charge in [0.2, 0.25) is 0 Å². The lowest BCUT2D eigenvalue weighted by atomic mass is 10.0. The number of allylic oxidation sites excluding steroid dienone is 18. The first kappa shape index (κ1) is 70.1. The average molecular weight is 1030 g/mol. The molecule has 0 aromatic rings. The molecule has 422 valence electrons. The smallest absolute Gasteiger partial charge is 0.306 e. The number of rotatable bonds is 55. The molecule has 0 N–H and O–H groups in total. The minimum atomic E-state index is -0.791. The van der Waals surface area contributed by atoms with E-state index in [1.165, 1.54) is 122 Å². The van der Waals surface area contributed by atoms with Gasteiger partial charge < -0.3 is 14.2 Å². The molecule has 74 heavy (non-hydrogen) atoms. The first-order valence-electron chi connectivity index (χ1n) is 30.9. The van der Waals surface area contributed by atoms with Gasteiger partial charge in [-0.2, -0.15) is 0 Å². The molecule has 0 saturated carbocycles. The van der Waals surface area contributed by atoms with Crippen molar-refractivity contribution in [1.82, 2.24) is 0 Å². The molecule has 0 aliphatic heterocycles. The lowest BCUT2D eigenvalue weighted by molar-refractivity contribution is -0.167. The fourth-order valence-electron chi connectivity index (χ4n) is 8.46. The normalized spacial score (nSPS) is 12.9. The van der Waals surface area contributed by atoms with Gasteiger partial charge in [0.25, 0.3) is 0 Å². The third-order valence-corrected chi connectivity index (χ3v) is 13.0. The molecule has 6 nitrogen and oxygen atoms in total. The zero-order chi connectivity index (χ0) is 53.6. The van der Waals surface area contributed by atoms with Crippen LogP contribution < -0.4 is 0 Å².